The Morgan fingerprint density at radius 2 is 0.772 bits per heavy atom. The number of fused-ring (bicyclic) bond motifs is 6. The summed E-state index contributed by atoms with van der Waals surface area (Å²) >= 11 is 0. The summed E-state index contributed by atoms with van der Waals surface area (Å²) in [7, 11) is 0. The van der Waals surface area contributed by atoms with Gasteiger partial charge in [0.15, 0.2) is 5.82 Å². The minimum Gasteiger partial charge on any atom is -0.276 e. The number of para-hydroxylation sites is 2. The van der Waals surface area contributed by atoms with Gasteiger partial charge in [0, 0.05) is 39.5 Å². The predicted molar refractivity (Wildman–Crippen MR) is 228 cm³/mol. The van der Waals surface area contributed by atoms with Crippen molar-refractivity contribution in [1.29, 1.82) is 0 Å². The van der Waals surface area contributed by atoms with Crippen LogP contribution in [0.1, 0.15) is 22.3 Å². The van der Waals surface area contributed by atoms with E-state index in [0.29, 0.717) is 17.7 Å². The van der Waals surface area contributed by atoms with Crippen LogP contribution in [-0.4, -0.2) is 34.1 Å². The van der Waals surface area contributed by atoms with E-state index >= 15 is 0 Å². The van der Waals surface area contributed by atoms with E-state index in [1.54, 1.807) is 0 Å². The molecule has 268 valence electrons. The second-order valence-corrected chi connectivity index (χ2v) is 14.2. The van der Waals surface area contributed by atoms with Gasteiger partial charge in [-0.2, -0.15) is 15.0 Å². The molecule has 57 heavy (non-hydrogen) atoms. The average Bonchev–Trinajstić information content (AvgIpc) is 3.81. The van der Waals surface area contributed by atoms with Crippen molar-refractivity contribution in [3.05, 3.63) is 223 Å². The summed E-state index contributed by atoms with van der Waals surface area (Å²) in [6.45, 7) is 0. The van der Waals surface area contributed by atoms with Gasteiger partial charge in [0.2, 0.25) is 11.9 Å². The van der Waals surface area contributed by atoms with Gasteiger partial charge in [0.05, 0.1) is 39.9 Å². The summed E-state index contributed by atoms with van der Waals surface area (Å²) in [4.78, 5) is 25.1. The van der Waals surface area contributed by atoms with Gasteiger partial charge in [0.25, 0.3) is 0 Å². The quantitative estimate of drug-likeness (QED) is 0.153. The molecule has 0 atom stereocenters. The van der Waals surface area contributed by atoms with Crippen LogP contribution in [0.25, 0.3) is 66.9 Å². The zero-order valence-corrected chi connectivity index (χ0v) is 30.7. The number of rotatable bonds is 7. The third kappa shape index (κ3) is 5.10. The highest BCUT2D eigenvalue weighted by molar-refractivity contribution is 6.09. The molecule has 0 amide bonds. The lowest BCUT2D eigenvalue weighted by atomic mass is 9.65. The van der Waals surface area contributed by atoms with E-state index in [4.69, 9.17) is 15.0 Å². The van der Waals surface area contributed by atoms with Crippen LogP contribution in [0.15, 0.2) is 201 Å². The molecular formula is C50H33N7. The summed E-state index contributed by atoms with van der Waals surface area (Å²) in [5.74, 6) is 1.54. The highest BCUT2D eigenvalue weighted by Gasteiger charge is 2.38. The van der Waals surface area contributed by atoms with Crippen molar-refractivity contribution in [3.8, 4) is 23.3 Å². The number of aromatic nitrogens is 7. The van der Waals surface area contributed by atoms with Gasteiger partial charge < -0.3 is 0 Å². The molecule has 6 aromatic carbocycles. The monoisotopic (exact) mass is 731 g/mol. The van der Waals surface area contributed by atoms with E-state index in [2.05, 4.69) is 183 Å². The molecule has 0 spiro atoms. The van der Waals surface area contributed by atoms with Gasteiger partial charge >= 0.3 is 0 Å². The lowest BCUT2D eigenvalue weighted by Crippen LogP contribution is -2.31. The van der Waals surface area contributed by atoms with Gasteiger partial charge in [-0.3, -0.25) is 19.1 Å². The Morgan fingerprint density at radius 1 is 0.351 bits per heavy atom. The molecule has 0 unspecified atom stereocenters. The van der Waals surface area contributed by atoms with Crippen molar-refractivity contribution in [1.82, 2.24) is 34.1 Å². The fourth-order valence-electron chi connectivity index (χ4n) is 8.71. The van der Waals surface area contributed by atoms with Gasteiger partial charge in [-0.1, -0.05) is 146 Å². The van der Waals surface area contributed by atoms with Gasteiger partial charge in [-0.15, -0.1) is 0 Å². The highest BCUT2D eigenvalue weighted by Crippen LogP contribution is 2.46. The summed E-state index contributed by atoms with van der Waals surface area (Å²) in [6.07, 6.45) is 7.44. The minimum absolute atomic E-state index is 0.495. The van der Waals surface area contributed by atoms with Gasteiger partial charge in [-0.05, 0) is 52.6 Å². The van der Waals surface area contributed by atoms with E-state index in [0.717, 1.165) is 71.4 Å². The predicted octanol–water partition coefficient (Wildman–Crippen LogP) is 10.9. The Morgan fingerprint density at radius 3 is 1.26 bits per heavy atom. The molecule has 7 nitrogen and oxygen atoms in total. The number of hydrogen-bond acceptors (Lipinski definition) is 5. The molecule has 5 aromatic heterocycles. The topological polar surface area (TPSA) is 74.3 Å². The fraction of sp³-hybridized carbons (Fsp3) is 0.0200. The van der Waals surface area contributed by atoms with Crippen LogP contribution >= 0.6 is 0 Å². The maximum Gasteiger partial charge on any atom is 0.240 e. The molecule has 0 saturated carbocycles. The van der Waals surface area contributed by atoms with Crippen molar-refractivity contribution < 1.29 is 0 Å². The third-order valence-electron chi connectivity index (χ3n) is 11.1. The standard InChI is InChI=1S/C50H33N7/c1-4-16-35(17-5-1)50(36-18-6-2-7-19-36,37-20-8-3-9-21-37)38-22-14-15-34(31-38)47-53-48(56-43-25-12-10-23-39(43)41-27-29-51-32-45(41)56)55-49(54-47)57-44-26-13-11-24-40(44)42-28-30-52-33-46(42)57/h1-33H. The van der Waals surface area contributed by atoms with E-state index in [1.165, 1.54) is 0 Å². The molecule has 0 bridgehead atoms. The molecule has 0 aliphatic heterocycles. The van der Waals surface area contributed by atoms with Crippen LogP contribution in [0, 0.1) is 0 Å². The first-order valence-corrected chi connectivity index (χ1v) is 19.0. The first-order chi connectivity index (χ1) is 28.3. The van der Waals surface area contributed by atoms with Crippen LogP contribution in [0.3, 0.4) is 0 Å². The smallest absolute Gasteiger partial charge is 0.240 e. The molecule has 0 aliphatic rings. The minimum atomic E-state index is -0.643. The maximum absolute atomic E-state index is 5.34. The molecule has 11 rings (SSSR count). The van der Waals surface area contributed by atoms with Crippen molar-refractivity contribution in [3.63, 3.8) is 0 Å². The number of benzene rings is 6. The molecule has 5 heterocycles. The van der Waals surface area contributed by atoms with E-state index in [1.807, 2.05) is 36.9 Å². The van der Waals surface area contributed by atoms with Crippen molar-refractivity contribution in [2.75, 3.05) is 0 Å². The second-order valence-electron chi connectivity index (χ2n) is 14.2. The average molecular weight is 732 g/mol. The lowest BCUT2D eigenvalue weighted by molar-refractivity contribution is 0.745. The Hall–Kier alpha value is -7.77. The Bertz CT molecular complexity index is 2910. The molecule has 7 heteroatoms. The molecule has 0 fully saturated rings. The summed E-state index contributed by atoms with van der Waals surface area (Å²) < 4.78 is 4.20. The molecular weight excluding hydrogens is 699 g/mol. The first kappa shape index (κ1) is 32.6. The van der Waals surface area contributed by atoms with Crippen molar-refractivity contribution in [2.24, 2.45) is 0 Å². The van der Waals surface area contributed by atoms with Crippen LogP contribution < -0.4 is 0 Å². The van der Waals surface area contributed by atoms with E-state index < -0.39 is 5.41 Å². The fourth-order valence-corrected chi connectivity index (χ4v) is 8.71. The Labute approximate surface area is 328 Å². The zero-order chi connectivity index (χ0) is 37.8. The number of nitrogens with zero attached hydrogens (tertiary/aromatic N) is 7. The maximum atomic E-state index is 5.34. The molecule has 0 aliphatic carbocycles. The van der Waals surface area contributed by atoms with E-state index in [-0.39, 0.29) is 0 Å². The molecule has 0 saturated heterocycles. The Kier molecular flexibility index (Phi) is 7.57. The van der Waals surface area contributed by atoms with Gasteiger partial charge in [-0.25, -0.2) is 0 Å². The lowest BCUT2D eigenvalue weighted by Gasteiger charge is -2.37. The molecule has 11 aromatic rings. The largest absolute Gasteiger partial charge is 0.276 e. The second kappa shape index (κ2) is 13.2. The molecule has 0 radical (unpaired) electrons. The van der Waals surface area contributed by atoms with Crippen molar-refractivity contribution in [2.45, 2.75) is 5.41 Å². The zero-order valence-electron chi connectivity index (χ0n) is 30.7. The van der Waals surface area contributed by atoms with Crippen LogP contribution in [0.5, 0.6) is 0 Å². The summed E-state index contributed by atoms with van der Waals surface area (Å²) in [5, 5.41) is 4.34. The van der Waals surface area contributed by atoms with Gasteiger partial charge in [0.1, 0.15) is 0 Å². The third-order valence-corrected chi connectivity index (χ3v) is 11.1. The van der Waals surface area contributed by atoms with E-state index in [9.17, 15) is 0 Å². The first-order valence-electron chi connectivity index (χ1n) is 19.0. The summed E-state index contributed by atoms with van der Waals surface area (Å²) in [6, 6.07) is 61.7. The summed E-state index contributed by atoms with van der Waals surface area (Å²) in [5.41, 5.74) is 8.58. The normalized spacial score (nSPS) is 11.9. The number of hydrogen-bond donors (Lipinski definition) is 0. The Balaban J connectivity index is 1.22. The van der Waals surface area contributed by atoms with Crippen molar-refractivity contribution >= 4 is 43.6 Å². The number of pyridine rings is 2. The van der Waals surface area contributed by atoms with Crippen LogP contribution in [0.2, 0.25) is 0 Å². The highest BCUT2D eigenvalue weighted by atomic mass is 15.3. The molecule has 0 N–H and O–H groups in total. The SMILES string of the molecule is c1ccc(C(c2ccccc2)(c2ccccc2)c2cccc(-c3nc(-n4c5ccccc5c5ccncc54)nc(-n4c5ccccc5c5ccncc54)n3)c2)cc1. The van der Waals surface area contributed by atoms with Crippen LogP contribution in [-0.2, 0) is 5.41 Å². The van der Waals surface area contributed by atoms with Crippen LogP contribution in [0.4, 0.5) is 0 Å².